The summed E-state index contributed by atoms with van der Waals surface area (Å²) >= 11 is 0. The number of aryl methyl sites for hydroxylation is 1. The Balaban J connectivity index is 1.68. The van der Waals surface area contributed by atoms with Gasteiger partial charge in [-0.05, 0) is 67.5 Å². The highest BCUT2D eigenvalue weighted by atomic mass is 14.8. The topological polar surface area (TPSA) is 56.3 Å². The van der Waals surface area contributed by atoms with Gasteiger partial charge < -0.3 is 9.97 Å². The van der Waals surface area contributed by atoms with Gasteiger partial charge in [-0.25, -0.2) is 0 Å². The van der Waals surface area contributed by atoms with Crippen LogP contribution in [0.3, 0.4) is 0 Å². The molecule has 0 saturated carbocycles. The highest BCUT2D eigenvalue weighted by Crippen LogP contribution is 2.35. The number of aliphatic imine (C=N–C) groups is 2. The predicted molar refractivity (Wildman–Crippen MR) is 124 cm³/mol. The van der Waals surface area contributed by atoms with Crippen molar-refractivity contribution in [2.75, 3.05) is 6.54 Å². The normalized spacial score (nSPS) is 21.0. The third kappa shape index (κ3) is 4.02. The molecule has 29 heavy (non-hydrogen) atoms. The van der Waals surface area contributed by atoms with Gasteiger partial charge in [0.25, 0.3) is 0 Å². The Morgan fingerprint density at radius 3 is 2.55 bits per heavy atom. The minimum atomic E-state index is 0.00380. The Hall–Kier alpha value is -3.14. The van der Waals surface area contributed by atoms with Gasteiger partial charge >= 0.3 is 0 Å². The fourth-order valence-electron chi connectivity index (χ4n) is 3.79. The molecule has 0 aromatic carbocycles. The smallest absolute Gasteiger partial charge is 0.0622 e. The van der Waals surface area contributed by atoms with Gasteiger partial charge in [0.2, 0.25) is 0 Å². The molecule has 2 aromatic rings. The molecule has 0 unspecified atom stereocenters. The van der Waals surface area contributed by atoms with Gasteiger partial charge in [0.15, 0.2) is 0 Å². The van der Waals surface area contributed by atoms with E-state index >= 15 is 0 Å². The Morgan fingerprint density at radius 1 is 1.07 bits per heavy atom. The standard InChI is InChI=1S/C25H28N4/c1-6-18-7-8-19(27-18)12-23-17(3)11-20(28-23)14-24-25(4,5)15-21(29-24)13-22-16(2)9-10-26-22/h6-9,11-14,27-28H,1,10,15H2,2-5H3. The van der Waals surface area contributed by atoms with Crippen LogP contribution in [0.1, 0.15) is 44.1 Å². The summed E-state index contributed by atoms with van der Waals surface area (Å²) in [5, 5.41) is 2.17. The maximum atomic E-state index is 4.94. The largest absolute Gasteiger partial charge is 0.355 e. The predicted octanol–water partition coefficient (Wildman–Crippen LogP) is 4.06. The van der Waals surface area contributed by atoms with E-state index in [2.05, 4.69) is 85.7 Å². The van der Waals surface area contributed by atoms with E-state index in [1.54, 1.807) is 0 Å². The molecule has 0 saturated heterocycles. The fraction of sp³-hybridized carbons (Fsp3) is 0.280. The first-order valence-corrected chi connectivity index (χ1v) is 10.1. The van der Waals surface area contributed by atoms with Crippen LogP contribution in [0.5, 0.6) is 0 Å². The van der Waals surface area contributed by atoms with Crippen LogP contribution in [0.25, 0.3) is 18.2 Å². The van der Waals surface area contributed by atoms with Crippen LogP contribution in [-0.4, -0.2) is 27.9 Å². The van der Waals surface area contributed by atoms with Gasteiger partial charge in [-0.1, -0.05) is 26.5 Å². The van der Waals surface area contributed by atoms with Crippen molar-refractivity contribution < 1.29 is 0 Å². The molecule has 0 bridgehead atoms. The van der Waals surface area contributed by atoms with E-state index in [-0.39, 0.29) is 5.41 Å². The van der Waals surface area contributed by atoms with Crippen molar-refractivity contribution in [1.29, 1.82) is 0 Å². The van der Waals surface area contributed by atoms with Gasteiger partial charge in [0.05, 0.1) is 12.3 Å². The molecule has 0 atom stereocenters. The van der Waals surface area contributed by atoms with Crippen LogP contribution in [0.2, 0.25) is 0 Å². The highest BCUT2D eigenvalue weighted by Gasteiger charge is 2.31. The molecule has 0 fully saturated rings. The van der Waals surface area contributed by atoms with E-state index in [9.17, 15) is 0 Å². The van der Waals surface area contributed by atoms with Crippen molar-refractivity contribution in [2.24, 2.45) is 15.4 Å². The molecule has 148 valence electrons. The van der Waals surface area contributed by atoms with E-state index in [1.807, 2.05) is 12.1 Å². The molecule has 4 heterocycles. The van der Waals surface area contributed by atoms with Crippen molar-refractivity contribution in [3.8, 4) is 0 Å². The molecule has 2 aromatic heterocycles. The molecular weight excluding hydrogens is 356 g/mol. The summed E-state index contributed by atoms with van der Waals surface area (Å²) in [6.07, 6.45) is 11.3. The van der Waals surface area contributed by atoms with Crippen molar-refractivity contribution in [1.82, 2.24) is 9.97 Å². The number of allylic oxidation sites excluding steroid dienone is 3. The van der Waals surface area contributed by atoms with Gasteiger partial charge in [-0.2, -0.15) is 0 Å². The molecule has 0 aliphatic carbocycles. The molecule has 2 aliphatic rings. The number of hydrogen-bond acceptors (Lipinski definition) is 2. The number of aromatic nitrogens is 2. The van der Waals surface area contributed by atoms with Crippen LogP contribution in [0.4, 0.5) is 0 Å². The Kier molecular flexibility index (Phi) is 4.87. The molecule has 2 aliphatic heterocycles. The van der Waals surface area contributed by atoms with Crippen molar-refractivity contribution in [2.45, 2.75) is 34.1 Å². The van der Waals surface area contributed by atoms with Crippen LogP contribution in [-0.2, 0) is 0 Å². The Labute approximate surface area is 171 Å². The van der Waals surface area contributed by atoms with Gasteiger partial charge in [-0.15, -0.1) is 0 Å². The molecular formula is C25H28N4. The zero-order valence-electron chi connectivity index (χ0n) is 17.6. The Morgan fingerprint density at radius 2 is 1.86 bits per heavy atom. The first kappa shape index (κ1) is 19.2. The Bertz CT molecular complexity index is 1210. The minimum Gasteiger partial charge on any atom is -0.355 e. The van der Waals surface area contributed by atoms with E-state index < -0.39 is 0 Å². The second-order valence-corrected chi connectivity index (χ2v) is 8.49. The lowest BCUT2D eigenvalue weighted by molar-refractivity contribution is 0.546. The summed E-state index contributed by atoms with van der Waals surface area (Å²) in [4.78, 5) is 16.3. The molecule has 4 heteroatoms. The van der Waals surface area contributed by atoms with Crippen molar-refractivity contribution in [3.63, 3.8) is 0 Å². The minimum absolute atomic E-state index is 0.00380. The molecule has 0 radical (unpaired) electrons. The number of aromatic amines is 2. The van der Waals surface area contributed by atoms with Crippen molar-refractivity contribution in [3.05, 3.63) is 75.8 Å². The number of H-pyrrole nitrogens is 2. The molecule has 4 rings (SSSR count). The summed E-state index contributed by atoms with van der Waals surface area (Å²) in [5.41, 5.74) is 7.80. The maximum Gasteiger partial charge on any atom is 0.0622 e. The average Bonchev–Trinajstić information content (AvgIpc) is 3.41. The van der Waals surface area contributed by atoms with Crippen LogP contribution >= 0.6 is 0 Å². The third-order valence-electron chi connectivity index (χ3n) is 5.57. The average molecular weight is 385 g/mol. The fourth-order valence-corrected chi connectivity index (χ4v) is 3.79. The molecule has 0 amide bonds. The number of hydrogen-bond donors (Lipinski definition) is 2. The zero-order valence-corrected chi connectivity index (χ0v) is 17.6. The van der Waals surface area contributed by atoms with Gasteiger partial charge in [0.1, 0.15) is 0 Å². The van der Waals surface area contributed by atoms with E-state index in [0.717, 1.165) is 52.2 Å². The monoisotopic (exact) mass is 384 g/mol. The second-order valence-electron chi connectivity index (χ2n) is 8.49. The summed E-state index contributed by atoms with van der Waals surface area (Å²) in [6.45, 7) is 13.3. The summed E-state index contributed by atoms with van der Waals surface area (Å²) < 4.78 is 0. The summed E-state index contributed by atoms with van der Waals surface area (Å²) in [5.74, 6) is 0. The first-order valence-electron chi connectivity index (χ1n) is 10.1. The van der Waals surface area contributed by atoms with Crippen LogP contribution < -0.4 is 10.7 Å². The lowest BCUT2D eigenvalue weighted by atomic mass is 9.85. The van der Waals surface area contributed by atoms with Crippen molar-refractivity contribution >= 4 is 29.7 Å². The van der Waals surface area contributed by atoms with Gasteiger partial charge in [-0.3, -0.25) is 9.98 Å². The number of nitrogens with zero attached hydrogens (tertiary/aromatic N) is 2. The maximum absolute atomic E-state index is 4.94. The lowest BCUT2D eigenvalue weighted by Gasteiger charge is -2.16. The number of nitrogens with one attached hydrogen (secondary N) is 2. The van der Waals surface area contributed by atoms with Crippen LogP contribution in [0, 0.1) is 12.3 Å². The molecule has 4 nitrogen and oxygen atoms in total. The summed E-state index contributed by atoms with van der Waals surface area (Å²) in [6, 6.07) is 6.26. The number of rotatable bonds is 4. The van der Waals surface area contributed by atoms with E-state index in [4.69, 9.17) is 4.99 Å². The second kappa shape index (κ2) is 7.36. The van der Waals surface area contributed by atoms with E-state index in [1.165, 1.54) is 11.1 Å². The highest BCUT2D eigenvalue weighted by molar-refractivity contribution is 6.16. The lowest BCUT2D eigenvalue weighted by Crippen LogP contribution is -2.21. The quantitative estimate of drug-likeness (QED) is 0.799. The zero-order chi connectivity index (χ0) is 20.6. The van der Waals surface area contributed by atoms with Crippen LogP contribution in [0.15, 0.2) is 58.2 Å². The SMILES string of the molecule is C=Cc1ccc(C=c2[nH]c(=CC3=NC(=CC4=NCC=C4C)CC3(C)C)cc2C)[nH]1. The van der Waals surface area contributed by atoms with Gasteiger partial charge in [0, 0.05) is 45.3 Å². The first-order chi connectivity index (χ1) is 13.8. The molecule has 2 N–H and O–H groups in total. The summed E-state index contributed by atoms with van der Waals surface area (Å²) in [7, 11) is 0. The van der Waals surface area contributed by atoms with E-state index in [0.29, 0.717) is 0 Å². The third-order valence-corrected chi connectivity index (χ3v) is 5.57. The molecule has 0 spiro atoms.